The van der Waals surface area contributed by atoms with E-state index >= 15 is 0 Å². The molecule has 1 saturated heterocycles. The quantitative estimate of drug-likeness (QED) is 0.409. The van der Waals surface area contributed by atoms with Crippen LogP contribution in [0.25, 0.3) is 0 Å². The van der Waals surface area contributed by atoms with Crippen molar-refractivity contribution >= 4 is 36.5 Å². The van der Waals surface area contributed by atoms with Gasteiger partial charge in [-0.05, 0) is 0 Å². The Hall–Kier alpha value is -1.81. The molecule has 1 fully saturated rings. The fraction of sp³-hybridized carbons (Fsp3) is 0.714. The summed E-state index contributed by atoms with van der Waals surface area (Å²) in [5.74, 6) is -2.57. The predicted octanol–water partition coefficient (Wildman–Crippen LogP) is -0.000700. The van der Waals surface area contributed by atoms with Crippen LogP contribution in [0, 0.1) is 0 Å². The fourth-order valence-corrected chi connectivity index (χ4v) is 2.59. The van der Waals surface area contributed by atoms with Crippen molar-refractivity contribution in [2.24, 2.45) is 0 Å². The van der Waals surface area contributed by atoms with E-state index in [1.165, 1.54) is 6.92 Å². The first-order valence-corrected chi connectivity index (χ1v) is 7.62. The van der Waals surface area contributed by atoms with Crippen molar-refractivity contribution in [2.45, 2.75) is 57.5 Å². The highest BCUT2D eigenvalue weighted by atomic mass is 32.1. The van der Waals surface area contributed by atoms with Gasteiger partial charge in [-0.15, -0.1) is 12.6 Å². The van der Waals surface area contributed by atoms with Gasteiger partial charge in [-0.3, -0.25) is 19.2 Å². The second-order valence-corrected chi connectivity index (χ2v) is 5.60. The molecular formula is C14H20O9S. The number of ether oxygens (including phenoxy) is 5. The van der Waals surface area contributed by atoms with Gasteiger partial charge >= 0.3 is 23.9 Å². The molecule has 0 aromatic heterocycles. The third-order valence-electron chi connectivity index (χ3n) is 2.97. The topological polar surface area (TPSA) is 114 Å². The maximum atomic E-state index is 11.4. The van der Waals surface area contributed by atoms with Crippen LogP contribution in [0.1, 0.15) is 27.7 Å². The highest BCUT2D eigenvalue weighted by molar-refractivity contribution is 7.80. The van der Waals surface area contributed by atoms with Crippen molar-refractivity contribution in [3.63, 3.8) is 0 Å². The molecule has 5 atom stereocenters. The van der Waals surface area contributed by atoms with E-state index in [2.05, 4.69) is 12.6 Å². The van der Waals surface area contributed by atoms with Gasteiger partial charge in [0.1, 0.15) is 18.1 Å². The highest BCUT2D eigenvalue weighted by Crippen LogP contribution is 2.30. The molecule has 0 aromatic carbocycles. The van der Waals surface area contributed by atoms with Gasteiger partial charge in [-0.25, -0.2) is 0 Å². The molecule has 0 aliphatic carbocycles. The average molecular weight is 364 g/mol. The summed E-state index contributed by atoms with van der Waals surface area (Å²) in [6, 6.07) is 0. The van der Waals surface area contributed by atoms with E-state index in [1.54, 1.807) is 0 Å². The van der Waals surface area contributed by atoms with Gasteiger partial charge in [0.25, 0.3) is 0 Å². The van der Waals surface area contributed by atoms with Gasteiger partial charge in [-0.2, -0.15) is 0 Å². The average Bonchev–Trinajstić information content (AvgIpc) is 2.42. The molecule has 0 amide bonds. The Morgan fingerprint density at radius 3 is 1.71 bits per heavy atom. The molecule has 0 unspecified atom stereocenters. The predicted molar refractivity (Wildman–Crippen MR) is 80.9 cm³/mol. The molecule has 24 heavy (non-hydrogen) atoms. The van der Waals surface area contributed by atoms with Crippen molar-refractivity contribution < 1.29 is 42.9 Å². The second-order valence-electron chi connectivity index (χ2n) is 5.09. The molecule has 10 heteroatoms. The molecule has 1 heterocycles. The lowest BCUT2D eigenvalue weighted by atomic mass is 9.99. The van der Waals surface area contributed by atoms with Crippen LogP contribution in [-0.2, 0) is 42.9 Å². The van der Waals surface area contributed by atoms with Gasteiger partial charge in [0, 0.05) is 27.7 Å². The molecule has 1 rings (SSSR count). The van der Waals surface area contributed by atoms with Crippen LogP contribution in [0.4, 0.5) is 0 Å². The molecule has 1 aliphatic rings. The molecule has 0 spiro atoms. The Morgan fingerprint density at radius 2 is 1.25 bits per heavy atom. The first-order chi connectivity index (χ1) is 11.1. The van der Waals surface area contributed by atoms with Crippen molar-refractivity contribution in [1.82, 2.24) is 0 Å². The van der Waals surface area contributed by atoms with Crippen LogP contribution in [0.3, 0.4) is 0 Å². The minimum absolute atomic E-state index is 0.255. The lowest BCUT2D eigenvalue weighted by molar-refractivity contribution is -0.237. The second kappa shape index (κ2) is 8.88. The molecular weight excluding hydrogens is 344 g/mol. The molecule has 1 aliphatic heterocycles. The van der Waals surface area contributed by atoms with Gasteiger partial charge < -0.3 is 23.7 Å². The van der Waals surface area contributed by atoms with Crippen LogP contribution >= 0.6 is 12.6 Å². The number of hydrogen-bond acceptors (Lipinski definition) is 10. The Morgan fingerprint density at radius 1 is 0.792 bits per heavy atom. The van der Waals surface area contributed by atoms with Crippen LogP contribution in [0.5, 0.6) is 0 Å². The van der Waals surface area contributed by atoms with E-state index in [0.717, 1.165) is 20.8 Å². The number of thiol groups is 1. The van der Waals surface area contributed by atoms with E-state index < -0.39 is 53.7 Å². The smallest absolute Gasteiger partial charge is 0.303 e. The van der Waals surface area contributed by atoms with Crippen LogP contribution in [0.2, 0.25) is 0 Å². The van der Waals surface area contributed by atoms with Gasteiger partial charge in [0.2, 0.25) is 0 Å². The Labute approximate surface area is 144 Å². The summed E-state index contributed by atoms with van der Waals surface area (Å²) in [5.41, 5.74) is -0.981. The molecule has 0 aromatic rings. The maximum Gasteiger partial charge on any atom is 0.303 e. The van der Waals surface area contributed by atoms with Crippen molar-refractivity contribution in [3.8, 4) is 0 Å². The van der Waals surface area contributed by atoms with Crippen LogP contribution < -0.4 is 0 Å². The molecule has 9 nitrogen and oxygen atoms in total. The number of rotatable bonds is 5. The Kier molecular flexibility index (Phi) is 7.49. The molecule has 0 N–H and O–H groups in total. The van der Waals surface area contributed by atoms with Crippen molar-refractivity contribution in [3.05, 3.63) is 0 Å². The normalized spacial score (nSPS) is 29.3. The molecule has 0 radical (unpaired) electrons. The first-order valence-electron chi connectivity index (χ1n) is 7.10. The maximum absolute atomic E-state index is 11.4. The van der Waals surface area contributed by atoms with E-state index in [4.69, 9.17) is 23.7 Å². The van der Waals surface area contributed by atoms with E-state index in [9.17, 15) is 19.2 Å². The third-order valence-corrected chi connectivity index (χ3v) is 3.38. The summed E-state index contributed by atoms with van der Waals surface area (Å²) in [4.78, 5) is 45.1. The largest absolute Gasteiger partial charge is 0.463 e. The van der Waals surface area contributed by atoms with Gasteiger partial charge in [0.15, 0.2) is 18.3 Å². The van der Waals surface area contributed by atoms with Crippen molar-refractivity contribution in [1.29, 1.82) is 0 Å². The zero-order chi connectivity index (χ0) is 18.4. The highest BCUT2D eigenvalue weighted by Gasteiger charge is 2.51. The van der Waals surface area contributed by atoms with Gasteiger partial charge in [-0.1, -0.05) is 0 Å². The number of carbonyl (C=O) groups excluding carboxylic acids is 4. The summed E-state index contributed by atoms with van der Waals surface area (Å²) in [6.45, 7) is 4.42. The standard InChI is InChI=1S/C14H20O9S/c1-6(15)19-5-10-11(20-7(2)16)12(21-8(3)17)13(14(24)23-10)22-9(4)18/h10-14,24H,5H2,1-4H3/t10-,11+,12-,13-,14+/m1/s1. The first kappa shape index (κ1) is 20.2. The zero-order valence-electron chi connectivity index (χ0n) is 13.7. The minimum atomic E-state index is -1.16. The monoisotopic (exact) mass is 364 g/mol. The van der Waals surface area contributed by atoms with E-state index in [-0.39, 0.29) is 6.61 Å². The SMILES string of the molecule is CC(=O)OC[C@H]1O[C@@H](S)[C@H](OC(C)=O)[C@H](OC(C)=O)[C@H]1OC(C)=O. The third kappa shape index (κ3) is 6.00. The molecule has 0 bridgehead atoms. The number of esters is 4. The van der Waals surface area contributed by atoms with Crippen LogP contribution in [0.15, 0.2) is 0 Å². The lowest BCUT2D eigenvalue weighted by Crippen LogP contribution is -2.61. The summed E-state index contributed by atoms with van der Waals surface area (Å²) in [5, 5.41) is 0. The van der Waals surface area contributed by atoms with Crippen molar-refractivity contribution in [2.75, 3.05) is 6.61 Å². The summed E-state index contributed by atoms with van der Waals surface area (Å²) >= 11 is 4.18. The summed E-state index contributed by atoms with van der Waals surface area (Å²) in [6.07, 6.45) is -4.35. The van der Waals surface area contributed by atoms with E-state index in [0.29, 0.717) is 0 Å². The number of carbonyl (C=O) groups is 4. The molecule has 136 valence electrons. The summed E-state index contributed by atoms with van der Waals surface area (Å²) < 4.78 is 25.8. The van der Waals surface area contributed by atoms with E-state index in [1.807, 2.05) is 0 Å². The Bertz CT molecular complexity index is 506. The lowest BCUT2D eigenvalue weighted by Gasteiger charge is -2.42. The molecule has 0 saturated carbocycles. The van der Waals surface area contributed by atoms with Crippen LogP contribution in [-0.4, -0.2) is 60.3 Å². The minimum Gasteiger partial charge on any atom is -0.463 e. The summed E-state index contributed by atoms with van der Waals surface area (Å²) in [7, 11) is 0. The number of hydrogen-bond donors (Lipinski definition) is 1. The fourth-order valence-electron chi connectivity index (χ4n) is 2.21. The van der Waals surface area contributed by atoms with Gasteiger partial charge in [0.05, 0.1) is 0 Å². The Balaban J connectivity index is 3.11. The zero-order valence-corrected chi connectivity index (χ0v) is 14.6.